The van der Waals surface area contributed by atoms with Crippen molar-refractivity contribution in [1.29, 1.82) is 0 Å². The van der Waals surface area contributed by atoms with Crippen LogP contribution >= 0.6 is 0 Å². The fourth-order valence-electron chi connectivity index (χ4n) is 1.27. The number of rotatable bonds is 1. The summed E-state index contributed by atoms with van der Waals surface area (Å²) in [5.41, 5.74) is 6.04. The van der Waals surface area contributed by atoms with E-state index in [0.29, 0.717) is 11.8 Å². The number of aromatic nitrogens is 1. The lowest BCUT2D eigenvalue weighted by molar-refractivity contribution is 0.111. The van der Waals surface area contributed by atoms with Crippen LogP contribution in [-0.2, 0) is 0 Å². The second kappa shape index (κ2) is 3.06. The largest absolute Gasteiger partial charge is 0.395 e. The van der Waals surface area contributed by atoms with E-state index in [9.17, 15) is 9.18 Å². The molecule has 70 valence electrons. The van der Waals surface area contributed by atoms with Crippen LogP contribution in [0.2, 0.25) is 0 Å². The van der Waals surface area contributed by atoms with E-state index in [1.165, 1.54) is 6.07 Å². The summed E-state index contributed by atoms with van der Waals surface area (Å²) in [6, 6.07) is 6.09. The first-order valence-electron chi connectivity index (χ1n) is 4.02. The molecule has 0 amide bonds. The summed E-state index contributed by atoms with van der Waals surface area (Å²) in [5.74, 6) is -0.520. The molecule has 0 spiro atoms. The molecule has 2 rings (SSSR count). The number of fused-ring (bicyclic) bond motifs is 1. The molecule has 2 aromatic rings. The van der Waals surface area contributed by atoms with Crippen LogP contribution in [0, 0.1) is 5.82 Å². The Balaban J connectivity index is 2.84. The average molecular weight is 190 g/mol. The Hall–Kier alpha value is -1.97. The SMILES string of the molecule is Nc1c(F)ccc2ccc(C=O)nc12. The molecule has 0 aliphatic rings. The maximum absolute atomic E-state index is 13.0. The minimum absolute atomic E-state index is 0.0220. The van der Waals surface area contributed by atoms with Crippen molar-refractivity contribution < 1.29 is 9.18 Å². The van der Waals surface area contributed by atoms with Gasteiger partial charge in [0.1, 0.15) is 11.5 Å². The van der Waals surface area contributed by atoms with Gasteiger partial charge in [0.15, 0.2) is 6.29 Å². The van der Waals surface area contributed by atoms with Crippen molar-refractivity contribution in [2.45, 2.75) is 0 Å². The van der Waals surface area contributed by atoms with Crippen LogP contribution in [0.1, 0.15) is 10.5 Å². The predicted molar refractivity (Wildman–Crippen MR) is 51.5 cm³/mol. The number of hydrogen-bond donors (Lipinski definition) is 1. The third kappa shape index (κ3) is 1.21. The van der Waals surface area contributed by atoms with Crippen molar-refractivity contribution in [3.63, 3.8) is 0 Å². The first-order valence-corrected chi connectivity index (χ1v) is 4.02. The topological polar surface area (TPSA) is 56.0 Å². The summed E-state index contributed by atoms with van der Waals surface area (Å²) < 4.78 is 13.0. The van der Waals surface area contributed by atoms with Crippen LogP contribution in [0.15, 0.2) is 24.3 Å². The second-order valence-electron chi connectivity index (χ2n) is 2.89. The Morgan fingerprint density at radius 1 is 1.29 bits per heavy atom. The predicted octanol–water partition coefficient (Wildman–Crippen LogP) is 1.77. The lowest BCUT2D eigenvalue weighted by atomic mass is 10.1. The van der Waals surface area contributed by atoms with Crippen LogP contribution in [-0.4, -0.2) is 11.3 Å². The van der Waals surface area contributed by atoms with Crippen LogP contribution in [0.5, 0.6) is 0 Å². The van der Waals surface area contributed by atoms with E-state index in [1.807, 2.05) is 0 Å². The molecule has 4 heteroatoms. The van der Waals surface area contributed by atoms with Gasteiger partial charge in [-0.15, -0.1) is 0 Å². The van der Waals surface area contributed by atoms with Crippen LogP contribution < -0.4 is 5.73 Å². The Kier molecular flexibility index (Phi) is 1.89. The van der Waals surface area contributed by atoms with Crippen molar-refractivity contribution in [2.24, 2.45) is 0 Å². The molecule has 3 nitrogen and oxygen atoms in total. The maximum atomic E-state index is 13.0. The van der Waals surface area contributed by atoms with Gasteiger partial charge in [0.25, 0.3) is 0 Å². The molecule has 0 radical (unpaired) electrons. The van der Waals surface area contributed by atoms with Crippen LogP contribution in [0.25, 0.3) is 10.9 Å². The van der Waals surface area contributed by atoms with Gasteiger partial charge in [-0.3, -0.25) is 4.79 Å². The van der Waals surface area contributed by atoms with Gasteiger partial charge in [0, 0.05) is 5.39 Å². The van der Waals surface area contributed by atoms with Crippen LogP contribution in [0.4, 0.5) is 10.1 Å². The molecule has 0 saturated carbocycles. The van der Waals surface area contributed by atoms with E-state index in [4.69, 9.17) is 5.73 Å². The molecular weight excluding hydrogens is 183 g/mol. The summed E-state index contributed by atoms with van der Waals surface area (Å²) in [4.78, 5) is 14.4. The molecule has 0 atom stereocenters. The van der Waals surface area contributed by atoms with Gasteiger partial charge in [-0.2, -0.15) is 0 Å². The molecule has 0 fully saturated rings. The molecule has 0 bridgehead atoms. The van der Waals surface area contributed by atoms with E-state index in [-0.39, 0.29) is 11.4 Å². The highest BCUT2D eigenvalue weighted by molar-refractivity contribution is 5.91. The molecule has 1 aromatic carbocycles. The number of aldehydes is 1. The lowest BCUT2D eigenvalue weighted by Crippen LogP contribution is -1.96. The van der Waals surface area contributed by atoms with Crippen molar-refractivity contribution in [3.05, 3.63) is 35.8 Å². The normalized spacial score (nSPS) is 10.4. The number of hydrogen-bond acceptors (Lipinski definition) is 3. The molecule has 14 heavy (non-hydrogen) atoms. The van der Waals surface area contributed by atoms with Crippen molar-refractivity contribution in [3.8, 4) is 0 Å². The van der Waals surface area contributed by atoms with Crippen molar-refractivity contribution in [1.82, 2.24) is 4.98 Å². The van der Waals surface area contributed by atoms with Gasteiger partial charge in [0.05, 0.1) is 11.2 Å². The summed E-state index contributed by atoms with van der Waals surface area (Å²) in [7, 11) is 0. The zero-order chi connectivity index (χ0) is 10.1. The Bertz CT molecular complexity index is 511. The third-order valence-electron chi connectivity index (χ3n) is 1.99. The number of halogens is 1. The molecule has 0 saturated heterocycles. The number of pyridine rings is 1. The quantitative estimate of drug-likeness (QED) is 0.550. The highest BCUT2D eigenvalue weighted by Gasteiger charge is 2.05. The van der Waals surface area contributed by atoms with Crippen molar-refractivity contribution >= 4 is 22.9 Å². The lowest BCUT2D eigenvalue weighted by Gasteiger charge is -2.02. The molecule has 1 heterocycles. The van der Waals surface area contributed by atoms with Gasteiger partial charge in [-0.1, -0.05) is 6.07 Å². The standard InChI is InChI=1S/C10H7FN2O/c11-8-4-2-6-1-3-7(5-14)13-10(6)9(8)12/h1-5H,12H2. The number of nitrogens with zero attached hydrogens (tertiary/aromatic N) is 1. The fraction of sp³-hybridized carbons (Fsp3) is 0. The van der Waals surface area contributed by atoms with Crippen molar-refractivity contribution in [2.75, 3.05) is 5.73 Å². The summed E-state index contributed by atoms with van der Waals surface area (Å²) >= 11 is 0. The van der Waals surface area contributed by atoms with Gasteiger partial charge < -0.3 is 5.73 Å². The Morgan fingerprint density at radius 3 is 2.71 bits per heavy atom. The highest BCUT2D eigenvalue weighted by Crippen LogP contribution is 2.21. The molecular formula is C10H7FN2O. The monoisotopic (exact) mass is 190 g/mol. The van der Waals surface area contributed by atoms with E-state index in [2.05, 4.69) is 4.98 Å². The van der Waals surface area contributed by atoms with Gasteiger partial charge in [0.2, 0.25) is 0 Å². The zero-order valence-corrected chi connectivity index (χ0v) is 7.20. The van der Waals surface area contributed by atoms with Gasteiger partial charge >= 0.3 is 0 Å². The van der Waals surface area contributed by atoms with E-state index in [0.717, 1.165) is 5.39 Å². The maximum Gasteiger partial charge on any atom is 0.168 e. The summed E-state index contributed by atoms with van der Waals surface area (Å²) in [6.07, 6.45) is 0.601. The number of nitrogens with two attached hydrogens (primary N) is 1. The molecule has 1 aromatic heterocycles. The number of anilines is 1. The minimum atomic E-state index is -0.520. The Morgan fingerprint density at radius 2 is 2.00 bits per heavy atom. The van der Waals surface area contributed by atoms with Gasteiger partial charge in [-0.05, 0) is 18.2 Å². The van der Waals surface area contributed by atoms with Crippen LogP contribution in [0.3, 0.4) is 0 Å². The minimum Gasteiger partial charge on any atom is -0.395 e. The molecule has 0 aliphatic heterocycles. The molecule has 2 N–H and O–H groups in total. The smallest absolute Gasteiger partial charge is 0.168 e. The Labute approximate surface area is 79.4 Å². The van der Waals surface area contributed by atoms with E-state index >= 15 is 0 Å². The average Bonchev–Trinajstić information content (AvgIpc) is 2.23. The highest BCUT2D eigenvalue weighted by atomic mass is 19.1. The summed E-state index contributed by atoms with van der Waals surface area (Å²) in [6.45, 7) is 0. The first kappa shape index (κ1) is 8.62. The molecule has 0 aliphatic carbocycles. The number of nitrogen functional groups attached to an aromatic ring is 1. The zero-order valence-electron chi connectivity index (χ0n) is 7.20. The summed E-state index contributed by atoms with van der Waals surface area (Å²) in [5, 5.41) is 0.717. The number of carbonyl (C=O) groups is 1. The van der Waals surface area contributed by atoms with E-state index < -0.39 is 5.82 Å². The third-order valence-corrected chi connectivity index (χ3v) is 1.99. The first-order chi connectivity index (χ1) is 6.72. The number of carbonyl (C=O) groups excluding carboxylic acids is 1. The fourth-order valence-corrected chi connectivity index (χ4v) is 1.27. The molecule has 0 unspecified atom stereocenters. The van der Waals surface area contributed by atoms with E-state index in [1.54, 1.807) is 18.2 Å². The second-order valence-corrected chi connectivity index (χ2v) is 2.89. The number of benzene rings is 1. The van der Waals surface area contributed by atoms with Gasteiger partial charge in [-0.25, -0.2) is 9.37 Å².